The van der Waals surface area contributed by atoms with E-state index in [1.54, 1.807) is 0 Å². The highest BCUT2D eigenvalue weighted by molar-refractivity contribution is 7.27. The summed E-state index contributed by atoms with van der Waals surface area (Å²) in [6, 6.07) is 91.6. The number of anilines is 3. The molecule has 0 radical (unpaired) electrons. The quantitative estimate of drug-likeness (QED) is 0.144. The van der Waals surface area contributed by atoms with Crippen LogP contribution in [0.2, 0.25) is 0 Å². The fourth-order valence-electron chi connectivity index (χ4n) is 10.1. The minimum Gasteiger partial charge on any atom is -0.309 e. The van der Waals surface area contributed by atoms with E-state index in [0.717, 1.165) is 17.1 Å². The van der Waals surface area contributed by atoms with Gasteiger partial charge in [-0.25, -0.2) is 0 Å². The Morgan fingerprint density at radius 1 is 0.242 bits per heavy atom. The van der Waals surface area contributed by atoms with E-state index in [-0.39, 0.29) is 0 Å². The second kappa shape index (κ2) is 15.7. The van der Waals surface area contributed by atoms with Crippen LogP contribution in [0.25, 0.3) is 108 Å². The van der Waals surface area contributed by atoms with E-state index in [9.17, 15) is 0 Å². The summed E-state index contributed by atoms with van der Waals surface area (Å²) in [6.07, 6.45) is 0. The Hall–Kier alpha value is -8.30. The van der Waals surface area contributed by atoms with E-state index >= 15 is 0 Å². The molecule has 1 aromatic heterocycles. The first-order valence-electron chi connectivity index (χ1n) is 22.6. The third-order valence-corrected chi connectivity index (χ3v) is 14.7. The third kappa shape index (κ3) is 6.53. The predicted molar refractivity (Wildman–Crippen MR) is 286 cm³/mol. The van der Waals surface area contributed by atoms with Crippen LogP contribution in [0.4, 0.5) is 17.1 Å². The number of hydrogen-bond acceptors (Lipinski definition) is 2. The normalized spacial score (nSPS) is 11.6. The summed E-state index contributed by atoms with van der Waals surface area (Å²) in [5.74, 6) is 0. The first-order chi connectivity index (χ1) is 32.7. The van der Waals surface area contributed by atoms with Gasteiger partial charge >= 0.3 is 0 Å². The molecule has 0 spiro atoms. The van der Waals surface area contributed by atoms with Gasteiger partial charge in [-0.15, -0.1) is 11.3 Å². The van der Waals surface area contributed by atoms with Crippen molar-refractivity contribution in [2.24, 2.45) is 0 Å². The first-order valence-corrected chi connectivity index (χ1v) is 23.5. The molecule has 0 atom stereocenters. The molecule has 0 bridgehead atoms. The molecule has 66 heavy (non-hydrogen) atoms. The van der Waals surface area contributed by atoms with Gasteiger partial charge in [0.25, 0.3) is 0 Å². The summed E-state index contributed by atoms with van der Waals surface area (Å²) < 4.78 is 2.59. The maximum Gasteiger partial charge on any atom is 0.0640 e. The van der Waals surface area contributed by atoms with Crippen LogP contribution in [-0.2, 0) is 0 Å². The van der Waals surface area contributed by atoms with Gasteiger partial charge in [-0.05, 0) is 136 Å². The predicted octanol–water partition coefficient (Wildman–Crippen LogP) is 18.8. The molecule has 308 valence electrons. The molecule has 0 saturated heterocycles. The van der Waals surface area contributed by atoms with Crippen LogP contribution in [0.15, 0.2) is 249 Å². The van der Waals surface area contributed by atoms with Gasteiger partial charge in [0.1, 0.15) is 0 Å². The molecule has 2 heteroatoms. The van der Waals surface area contributed by atoms with Gasteiger partial charge < -0.3 is 4.90 Å². The highest BCUT2D eigenvalue weighted by Crippen LogP contribution is 2.48. The first kappa shape index (κ1) is 38.2. The van der Waals surface area contributed by atoms with E-state index in [1.165, 1.54) is 108 Å². The SMILES string of the molecule is c1ccc(-c2cc(-c3ccc4ccccc4c3)cc(N(c3ccc(-c4ccc(-c5cc6ccccc6c6ccccc56)cc4)cc3)c3cccc4c3sc3c5ccccc5ccc43)c2)cc1. The molecule has 0 aliphatic heterocycles. The van der Waals surface area contributed by atoms with Gasteiger partial charge in [0.2, 0.25) is 0 Å². The van der Waals surface area contributed by atoms with Crippen molar-refractivity contribution in [1.29, 1.82) is 0 Å². The maximum absolute atomic E-state index is 2.48. The lowest BCUT2D eigenvalue weighted by Gasteiger charge is -2.27. The summed E-state index contributed by atoms with van der Waals surface area (Å²) in [4.78, 5) is 2.48. The van der Waals surface area contributed by atoms with Crippen LogP contribution in [0.3, 0.4) is 0 Å². The number of benzene rings is 12. The molecule has 13 aromatic rings. The Kier molecular flexibility index (Phi) is 9.11. The number of fused-ring (bicyclic) bond motifs is 9. The summed E-state index contributed by atoms with van der Waals surface area (Å²) >= 11 is 1.90. The lowest BCUT2D eigenvalue weighted by atomic mass is 9.92. The molecule has 0 N–H and O–H groups in total. The molecule has 0 aliphatic rings. The van der Waals surface area contributed by atoms with Gasteiger partial charge in [0.05, 0.1) is 10.4 Å². The zero-order chi connectivity index (χ0) is 43.6. The van der Waals surface area contributed by atoms with E-state index < -0.39 is 0 Å². The Bertz CT molecular complexity index is 3980. The van der Waals surface area contributed by atoms with Gasteiger partial charge in [0.15, 0.2) is 0 Å². The number of rotatable bonds is 7. The Labute approximate surface area is 387 Å². The molecule has 1 nitrogen and oxygen atoms in total. The van der Waals surface area contributed by atoms with Gasteiger partial charge in [-0.1, -0.05) is 200 Å². The molecule has 0 saturated carbocycles. The summed E-state index contributed by atoms with van der Waals surface area (Å²) in [6.45, 7) is 0. The monoisotopic (exact) mass is 855 g/mol. The van der Waals surface area contributed by atoms with Crippen molar-refractivity contribution < 1.29 is 0 Å². The second-order valence-electron chi connectivity index (χ2n) is 17.3. The van der Waals surface area contributed by atoms with E-state index in [0.29, 0.717) is 0 Å². The van der Waals surface area contributed by atoms with Gasteiger partial charge in [0, 0.05) is 26.8 Å². The van der Waals surface area contributed by atoms with Crippen LogP contribution in [-0.4, -0.2) is 0 Å². The van der Waals surface area contributed by atoms with Crippen LogP contribution in [0.5, 0.6) is 0 Å². The molecule has 0 amide bonds. The van der Waals surface area contributed by atoms with Crippen LogP contribution < -0.4 is 4.90 Å². The standard InChI is InChI=1S/C64H41NS/c1-2-13-42(14-3-1)51-38-52(49-30-27-43-15-4-5-17-48(43)37-49)40-54(39-51)65(62-24-12-23-59-60-36-33-46-16-6-9-20-56(46)63(60)66-64(59)62)53-34-31-45(32-35-53)44-25-28-47(29-26-44)61-41-50-18-7-8-19-55(50)57-21-10-11-22-58(57)61/h1-41H. The minimum atomic E-state index is 1.10. The average molecular weight is 856 g/mol. The average Bonchev–Trinajstić information content (AvgIpc) is 3.79. The fraction of sp³-hybridized carbons (Fsp3) is 0. The molecule has 1 heterocycles. The Balaban J connectivity index is 0.971. The van der Waals surface area contributed by atoms with Crippen molar-refractivity contribution in [3.8, 4) is 44.5 Å². The van der Waals surface area contributed by atoms with Crippen molar-refractivity contribution in [3.63, 3.8) is 0 Å². The van der Waals surface area contributed by atoms with Crippen molar-refractivity contribution in [3.05, 3.63) is 249 Å². The summed E-state index contributed by atoms with van der Waals surface area (Å²) in [5, 5.41) is 12.7. The fourth-order valence-corrected chi connectivity index (χ4v) is 11.5. The highest BCUT2D eigenvalue weighted by Gasteiger charge is 2.21. The lowest BCUT2D eigenvalue weighted by molar-refractivity contribution is 1.30. The largest absolute Gasteiger partial charge is 0.309 e. The minimum absolute atomic E-state index is 1.10. The van der Waals surface area contributed by atoms with Crippen molar-refractivity contribution in [2.45, 2.75) is 0 Å². The third-order valence-electron chi connectivity index (χ3n) is 13.4. The molecular formula is C64H41NS. The second-order valence-corrected chi connectivity index (χ2v) is 18.3. The molecule has 12 aromatic carbocycles. The van der Waals surface area contributed by atoms with Crippen molar-refractivity contribution in [1.82, 2.24) is 0 Å². The van der Waals surface area contributed by atoms with E-state index in [1.807, 2.05) is 11.3 Å². The van der Waals surface area contributed by atoms with E-state index in [4.69, 9.17) is 0 Å². The zero-order valence-electron chi connectivity index (χ0n) is 36.0. The number of thiophene rings is 1. The van der Waals surface area contributed by atoms with Gasteiger partial charge in [-0.3, -0.25) is 0 Å². The Morgan fingerprint density at radius 2 is 0.788 bits per heavy atom. The number of nitrogens with zero attached hydrogens (tertiary/aromatic N) is 1. The number of hydrogen-bond donors (Lipinski definition) is 0. The van der Waals surface area contributed by atoms with Crippen molar-refractivity contribution >= 4 is 91.7 Å². The topological polar surface area (TPSA) is 3.24 Å². The zero-order valence-corrected chi connectivity index (χ0v) is 36.8. The van der Waals surface area contributed by atoms with Crippen molar-refractivity contribution in [2.75, 3.05) is 4.90 Å². The lowest BCUT2D eigenvalue weighted by Crippen LogP contribution is -2.10. The summed E-state index contributed by atoms with van der Waals surface area (Å²) in [7, 11) is 0. The van der Waals surface area contributed by atoms with Gasteiger partial charge in [-0.2, -0.15) is 0 Å². The molecule has 0 fully saturated rings. The van der Waals surface area contributed by atoms with E-state index in [2.05, 4.69) is 254 Å². The Morgan fingerprint density at radius 3 is 1.58 bits per heavy atom. The van der Waals surface area contributed by atoms with Crippen LogP contribution in [0, 0.1) is 0 Å². The molecule has 0 aliphatic carbocycles. The van der Waals surface area contributed by atoms with Crippen LogP contribution >= 0.6 is 11.3 Å². The smallest absolute Gasteiger partial charge is 0.0640 e. The van der Waals surface area contributed by atoms with Crippen LogP contribution in [0.1, 0.15) is 0 Å². The molecule has 0 unspecified atom stereocenters. The molecular weight excluding hydrogens is 815 g/mol. The maximum atomic E-state index is 2.48. The molecule has 13 rings (SSSR count). The highest BCUT2D eigenvalue weighted by atomic mass is 32.1. The summed E-state index contributed by atoms with van der Waals surface area (Å²) in [5.41, 5.74) is 12.9.